The van der Waals surface area contributed by atoms with Crippen LogP contribution in [0.3, 0.4) is 0 Å². The minimum Gasteiger partial charge on any atom is -0.496 e. The zero-order valence-electron chi connectivity index (χ0n) is 17.7. The molecule has 1 N–H and O–H groups in total. The maximum atomic E-state index is 12.2. The third-order valence-corrected chi connectivity index (χ3v) is 6.24. The Hall–Kier alpha value is -2.58. The molecule has 2 aromatic rings. The van der Waals surface area contributed by atoms with Gasteiger partial charge in [0.2, 0.25) is 10.0 Å². The van der Waals surface area contributed by atoms with Gasteiger partial charge in [-0.1, -0.05) is 30.3 Å². The average molecular weight is 419 g/mol. The summed E-state index contributed by atoms with van der Waals surface area (Å²) in [5, 5.41) is 3.29. The van der Waals surface area contributed by atoms with Crippen molar-refractivity contribution in [1.82, 2.24) is 14.5 Å². The predicted molar refractivity (Wildman–Crippen MR) is 117 cm³/mol. The van der Waals surface area contributed by atoms with Crippen LogP contribution >= 0.6 is 0 Å². The van der Waals surface area contributed by atoms with Crippen molar-refractivity contribution >= 4 is 16.0 Å². The second kappa shape index (κ2) is 10.3. The van der Waals surface area contributed by atoms with Crippen molar-refractivity contribution in [3.05, 3.63) is 59.7 Å². The number of guanidine groups is 1. The van der Waals surface area contributed by atoms with Gasteiger partial charge < -0.3 is 15.0 Å². The summed E-state index contributed by atoms with van der Waals surface area (Å²) in [5.74, 6) is 1.61. The Morgan fingerprint density at radius 2 is 1.72 bits per heavy atom. The Bertz CT molecular complexity index is 925. The van der Waals surface area contributed by atoms with Gasteiger partial charge in [-0.3, -0.25) is 0 Å². The van der Waals surface area contributed by atoms with Gasteiger partial charge in [0.25, 0.3) is 0 Å². The lowest BCUT2D eigenvalue weighted by atomic mass is 10.2. The lowest BCUT2D eigenvalue weighted by Gasteiger charge is -2.23. The number of sulfonamides is 1. The fourth-order valence-electron chi connectivity index (χ4n) is 2.78. The Labute approximate surface area is 174 Å². The van der Waals surface area contributed by atoms with Gasteiger partial charge in [0.15, 0.2) is 5.96 Å². The number of nitrogens with one attached hydrogen (secondary N) is 1. The molecule has 0 spiro atoms. The highest BCUT2D eigenvalue weighted by atomic mass is 32.2. The van der Waals surface area contributed by atoms with Gasteiger partial charge in [0.1, 0.15) is 5.75 Å². The summed E-state index contributed by atoms with van der Waals surface area (Å²) in [7, 11) is 3.26. The molecule has 0 bridgehead atoms. The smallest absolute Gasteiger partial charge is 0.242 e. The number of benzene rings is 2. The van der Waals surface area contributed by atoms with Crippen LogP contribution in [0.25, 0.3) is 0 Å². The molecule has 0 fully saturated rings. The molecule has 0 aliphatic carbocycles. The van der Waals surface area contributed by atoms with E-state index in [1.807, 2.05) is 43.1 Å². The summed E-state index contributed by atoms with van der Waals surface area (Å²) >= 11 is 0. The van der Waals surface area contributed by atoms with Crippen molar-refractivity contribution < 1.29 is 13.2 Å². The van der Waals surface area contributed by atoms with Gasteiger partial charge in [0, 0.05) is 39.8 Å². The van der Waals surface area contributed by atoms with Gasteiger partial charge in [-0.15, -0.1) is 0 Å². The predicted octanol–water partition coefficient (Wildman–Crippen LogP) is 2.54. The van der Waals surface area contributed by atoms with Crippen LogP contribution in [0.5, 0.6) is 5.75 Å². The van der Waals surface area contributed by atoms with Gasteiger partial charge in [0.05, 0.1) is 18.6 Å². The number of nitrogens with zero attached hydrogens (tertiary/aromatic N) is 3. The zero-order chi connectivity index (χ0) is 21.4. The van der Waals surface area contributed by atoms with Crippen molar-refractivity contribution in [2.75, 3.05) is 34.8 Å². The van der Waals surface area contributed by atoms with Crippen molar-refractivity contribution in [2.24, 2.45) is 4.99 Å². The summed E-state index contributed by atoms with van der Waals surface area (Å²) in [6, 6.07) is 14.7. The fourth-order valence-corrected chi connectivity index (χ4v) is 3.68. The summed E-state index contributed by atoms with van der Waals surface area (Å²) in [4.78, 5) is 7.00. The normalized spacial score (nSPS) is 12.1. The second-order valence-electron chi connectivity index (χ2n) is 6.77. The van der Waals surface area contributed by atoms with Crippen LogP contribution < -0.4 is 10.1 Å². The van der Waals surface area contributed by atoms with Gasteiger partial charge in [-0.25, -0.2) is 17.7 Å². The van der Waals surface area contributed by atoms with Crippen molar-refractivity contribution in [2.45, 2.75) is 24.9 Å². The number of hydrogen-bond acceptors (Lipinski definition) is 4. The Kier molecular flexibility index (Phi) is 8.04. The van der Waals surface area contributed by atoms with Crippen LogP contribution in [-0.2, 0) is 23.1 Å². The Balaban J connectivity index is 2.14. The van der Waals surface area contributed by atoms with E-state index in [9.17, 15) is 8.42 Å². The highest BCUT2D eigenvalue weighted by Gasteiger charge is 2.16. The first-order valence-electron chi connectivity index (χ1n) is 9.42. The molecule has 2 aromatic carbocycles. The number of hydrogen-bond donors (Lipinski definition) is 1. The minimum atomic E-state index is -3.42. The lowest BCUT2D eigenvalue weighted by molar-refractivity contribution is 0.396. The van der Waals surface area contributed by atoms with E-state index < -0.39 is 10.0 Å². The first kappa shape index (κ1) is 22.7. The van der Waals surface area contributed by atoms with Crippen LogP contribution in [0.15, 0.2) is 58.4 Å². The minimum absolute atomic E-state index is 0.274. The van der Waals surface area contributed by atoms with E-state index in [2.05, 4.69) is 5.32 Å². The number of rotatable bonds is 8. The molecule has 0 saturated carbocycles. The summed E-state index contributed by atoms with van der Waals surface area (Å²) < 4.78 is 31.0. The largest absolute Gasteiger partial charge is 0.496 e. The maximum Gasteiger partial charge on any atom is 0.242 e. The quantitative estimate of drug-likeness (QED) is 0.527. The van der Waals surface area contributed by atoms with Crippen molar-refractivity contribution in [3.63, 3.8) is 0 Å². The number of aliphatic imine (C=N–C) groups is 1. The molecule has 0 aliphatic rings. The van der Waals surface area contributed by atoms with Crippen LogP contribution in [0.2, 0.25) is 0 Å². The molecule has 0 aliphatic heterocycles. The molecular weight excluding hydrogens is 388 g/mol. The van der Waals surface area contributed by atoms with E-state index in [4.69, 9.17) is 9.73 Å². The van der Waals surface area contributed by atoms with Crippen molar-refractivity contribution in [3.8, 4) is 5.75 Å². The Morgan fingerprint density at radius 3 is 2.31 bits per heavy atom. The van der Waals surface area contributed by atoms with Crippen LogP contribution in [-0.4, -0.2) is 58.4 Å². The van der Waals surface area contributed by atoms with Gasteiger partial charge in [-0.2, -0.15) is 0 Å². The van der Waals surface area contributed by atoms with Gasteiger partial charge in [-0.05, 0) is 30.7 Å². The molecule has 0 aromatic heterocycles. The summed E-state index contributed by atoms with van der Waals surface area (Å²) in [6.07, 6.45) is 0. The first-order chi connectivity index (χ1) is 13.8. The van der Waals surface area contributed by atoms with Crippen LogP contribution in [0, 0.1) is 0 Å². The SMILES string of the molecule is CCNC(=NCc1ccc(S(=O)(=O)N(C)C)cc1)N(C)Cc1ccccc1OC. The molecule has 158 valence electrons. The Morgan fingerprint density at radius 1 is 1.07 bits per heavy atom. The molecule has 0 amide bonds. The standard InChI is InChI=1S/C21H30N4O3S/c1-6-22-21(25(4)16-18-9-7-8-10-20(18)28-5)23-15-17-11-13-19(14-12-17)29(26,27)24(2)3/h7-14H,6,15-16H2,1-5H3,(H,22,23). The highest BCUT2D eigenvalue weighted by Crippen LogP contribution is 2.19. The van der Waals surface area contributed by atoms with Crippen molar-refractivity contribution in [1.29, 1.82) is 0 Å². The molecule has 0 atom stereocenters. The third kappa shape index (κ3) is 5.95. The molecule has 0 saturated heterocycles. The summed E-state index contributed by atoms with van der Waals surface area (Å²) in [6.45, 7) is 3.86. The molecule has 0 radical (unpaired) electrons. The lowest BCUT2D eigenvalue weighted by Crippen LogP contribution is -2.38. The number of methoxy groups -OCH3 is 1. The number of para-hydroxylation sites is 1. The van der Waals surface area contributed by atoms with E-state index in [0.29, 0.717) is 13.1 Å². The zero-order valence-corrected chi connectivity index (χ0v) is 18.5. The van der Waals surface area contributed by atoms with E-state index >= 15 is 0 Å². The molecule has 7 nitrogen and oxygen atoms in total. The highest BCUT2D eigenvalue weighted by molar-refractivity contribution is 7.89. The van der Waals surface area contributed by atoms with Crippen LogP contribution in [0.1, 0.15) is 18.1 Å². The van der Waals surface area contributed by atoms with Gasteiger partial charge >= 0.3 is 0 Å². The van der Waals surface area contributed by atoms with Crippen LogP contribution in [0.4, 0.5) is 0 Å². The van der Waals surface area contributed by atoms with E-state index in [1.54, 1.807) is 31.4 Å². The van der Waals surface area contributed by atoms with E-state index in [0.717, 1.165) is 29.4 Å². The monoisotopic (exact) mass is 418 g/mol. The van der Waals surface area contributed by atoms with E-state index in [-0.39, 0.29) is 4.90 Å². The average Bonchev–Trinajstić information content (AvgIpc) is 2.71. The maximum absolute atomic E-state index is 12.2. The molecule has 0 heterocycles. The molecule has 0 unspecified atom stereocenters. The molecule has 2 rings (SSSR count). The molecule has 29 heavy (non-hydrogen) atoms. The number of ether oxygens (including phenoxy) is 1. The third-order valence-electron chi connectivity index (χ3n) is 4.41. The fraction of sp³-hybridized carbons (Fsp3) is 0.381. The first-order valence-corrected chi connectivity index (χ1v) is 10.9. The van der Waals surface area contributed by atoms with E-state index in [1.165, 1.54) is 18.4 Å². The topological polar surface area (TPSA) is 74.2 Å². The summed E-state index contributed by atoms with van der Waals surface area (Å²) in [5.41, 5.74) is 2.00. The molecule has 8 heteroatoms. The second-order valence-corrected chi connectivity index (χ2v) is 8.92. The molecular formula is C21H30N4O3S.